The second-order valence-corrected chi connectivity index (χ2v) is 12.1. The van der Waals surface area contributed by atoms with Crippen LogP contribution in [-0.2, 0) is 14.6 Å². The molecular formula is C27H24NO3PS. The second-order valence-electron chi connectivity index (χ2n) is 7.56. The van der Waals surface area contributed by atoms with Gasteiger partial charge in [-0.2, -0.15) is 0 Å². The Morgan fingerprint density at radius 1 is 0.667 bits per heavy atom. The highest BCUT2D eigenvalue weighted by molar-refractivity contribution is 7.92. The smallest absolute Gasteiger partial charge is 0.236 e. The molecule has 0 aromatic heterocycles. The Morgan fingerprint density at radius 2 is 1.06 bits per heavy atom. The van der Waals surface area contributed by atoms with Crippen molar-refractivity contribution in [3.05, 3.63) is 133 Å². The van der Waals surface area contributed by atoms with Crippen molar-refractivity contribution in [2.75, 3.05) is 10.6 Å². The molecule has 4 rings (SSSR count). The molecule has 0 radical (unpaired) electrons. The molecule has 0 amide bonds. The summed E-state index contributed by atoms with van der Waals surface area (Å²) in [6.45, 7) is 0. The lowest BCUT2D eigenvalue weighted by Crippen LogP contribution is -2.26. The highest BCUT2D eigenvalue weighted by Gasteiger charge is 2.34. The van der Waals surface area contributed by atoms with Gasteiger partial charge in [0, 0.05) is 22.1 Å². The molecule has 0 spiro atoms. The lowest BCUT2D eigenvalue weighted by molar-refractivity contribution is 0.593. The van der Waals surface area contributed by atoms with Crippen LogP contribution < -0.4 is 14.9 Å². The number of para-hydroxylation sites is 1. The van der Waals surface area contributed by atoms with Crippen LogP contribution in [0.15, 0.2) is 128 Å². The van der Waals surface area contributed by atoms with E-state index < -0.39 is 17.2 Å². The van der Waals surface area contributed by atoms with Crippen molar-refractivity contribution in [1.29, 1.82) is 0 Å². The van der Waals surface area contributed by atoms with Gasteiger partial charge in [0.15, 0.2) is 7.14 Å². The number of hydrogen-bond donors (Lipinski definition) is 0. The zero-order valence-electron chi connectivity index (χ0n) is 18.2. The number of rotatable bonds is 7. The Kier molecular flexibility index (Phi) is 6.64. The lowest BCUT2D eigenvalue weighted by Gasteiger charge is -2.26. The van der Waals surface area contributed by atoms with Crippen molar-refractivity contribution >= 4 is 38.8 Å². The molecule has 0 atom stereocenters. The Labute approximate surface area is 195 Å². The molecule has 0 saturated heterocycles. The monoisotopic (exact) mass is 473 g/mol. The van der Waals surface area contributed by atoms with E-state index in [0.717, 1.165) is 6.26 Å². The number of nitrogens with zero attached hydrogens (tertiary/aromatic N) is 1. The van der Waals surface area contributed by atoms with Gasteiger partial charge in [-0.05, 0) is 17.7 Å². The molecular weight excluding hydrogens is 449 g/mol. The summed E-state index contributed by atoms with van der Waals surface area (Å²) in [5, 5.41) is 1.70. The van der Waals surface area contributed by atoms with Crippen molar-refractivity contribution in [2.45, 2.75) is 0 Å². The zero-order valence-corrected chi connectivity index (χ0v) is 19.9. The third-order valence-corrected chi connectivity index (χ3v) is 9.39. The summed E-state index contributed by atoms with van der Waals surface area (Å²) < 4.78 is 42.1. The number of benzene rings is 4. The molecule has 6 heteroatoms. The summed E-state index contributed by atoms with van der Waals surface area (Å²) in [5.41, 5.74) is 1.17. The van der Waals surface area contributed by atoms with Gasteiger partial charge in [0.1, 0.15) is 0 Å². The van der Waals surface area contributed by atoms with Crippen LogP contribution >= 0.6 is 7.14 Å². The summed E-state index contributed by atoms with van der Waals surface area (Å²) >= 11 is 0. The van der Waals surface area contributed by atoms with Crippen molar-refractivity contribution in [3.8, 4) is 0 Å². The number of anilines is 1. The first-order valence-electron chi connectivity index (χ1n) is 10.4. The molecule has 0 aliphatic carbocycles. The fraction of sp³-hybridized carbons (Fsp3) is 0.0370. The first-order chi connectivity index (χ1) is 15.9. The van der Waals surface area contributed by atoms with Gasteiger partial charge in [0.25, 0.3) is 0 Å². The highest BCUT2D eigenvalue weighted by atomic mass is 32.2. The van der Waals surface area contributed by atoms with E-state index in [-0.39, 0.29) is 0 Å². The van der Waals surface area contributed by atoms with Crippen molar-refractivity contribution in [2.24, 2.45) is 0 Å². The minimum atomic E-state index is -3.71. The van der Waals surface area contributed by atoms with Crippen LogP contribution in [0.5, 0.6) is 0 Å². The fourth-order valence-electron chi connectivity index (χ4n) is 3.70. The SMILES string of the molecule is CS(=O)(=O)N(/C=C(\c1ccccc1)P(=O)(c1ccccc1)c1ccccc1)c1ccccc1. The summed E-state index contributed by atoms with van der Waals surface area (Å²) in [4.78, 5) is 0. The molecule has 0 saturated carbocycles. The molecule has 0 heterocycles. The van der Waals surface area contributed by atoms with Gasteiger partial charge in [0.2, 0.25) is 10.0 Å². The van der Waals surface area contributed by atoms with Gasteiger partial charge in [-0.3, -0.25) is 0 Å². The summed E-state index contributed by atoms with van der Waals surface area (Å²) in [7, 11) is -7.15. The Bertz CT molecular complexity index is 1350. The maximum Gasteiger partial charge on any atom is 0.236 e. The molecule has 0 unspecified atom stereocenters. The average Bonchev–Trinajstić information content (AvgIpc) is 2.85. The van der Waals surface area contributed by atoms with Gasteiger partial charge < -0.3 is 4.57 Å². The third kappa shape index (κ3) is 4.85. The first-order valence-corrected chi connectivity index (χ1v) is 14.0. The average molecular weight is 474 g/mol. The van der Waals surface area contributed by atoms with E-state index in [4.69, 9.17) is 0 Å². The van der Waals surface area contributed by atoms with Crippen LogP contribution in [0.25, 0.3) is 5.31 Å². The quantitative estimate of drug-likeness (QED) is 0.335. The van der Waals surface area contributed by atoms with Gasteiger partial charge in [0.05, 0.1) is 11.9 Å². The molecule has 33 heavy (non-hydrogen) atoms. The first kappa shape index (κ1) is 22.8. The van der Waals surface area contributed by atoms with E-state index >= 15 is 4.57 Å². The van der Waals surface area contributed by atoms with Crippen molar-refractivity contribution in [3.63, 3.8) is 0 Å². The standard InChI is InChI=1S/C27H24NO3PS/c1-33(30,31)28(24-16-8-3-9-17-24)22-27(23-14-6-2-7-15-23)32(29,25-18-10-4-11-19-25)26-20-12-5-13-21-26/h2-22H,1H3/b27-22+. The van der Waals surface area contributed by atoms with Crippen molar-refractivity contribution in [1.82, 2.24) is 0 Å². The molecule has 0 aliphatic rings. The predicted molar refractivity (Wildman–Crippen MR) is 138 cm³/mol. The van der Waals surface area contributed by atoms with E-state index in [9.17, 15) is 8.42 Å². The molecule has 166 valence electrons. The van der Waals surface area contributed by atoms with Crippen molar-refractivity contribution < 1.29 is 13.0 Å². The van der Waals surface area contributed by atoms with Crippen LogP contribution in [0.1, 0.15) is 5.56 Å². The largest absolute Gasteiger partial charge is 0.309 e. The maximum atomic E-state index is 15.1. The summed E-state index contributed by atoms with van der Waals surface area (Å²) in [6.07, 6.45) is 2.66. The molecule has 4 aromatic carbocycles. The minimum absolute atomic E-state index is 0.440. The molecule has 0 N–H and O–H groups in total. The molecule has 0 aliphatic heterocycles. The highest BCUT2D eigenvalue weighted by Crippen LogP contribution is 2.57. The van der Waals surface area contributed by atoms with Gasteiger partial charge >= 0.3 is 0 Å². The third-order valence-electron chi connectivity index (χ3n) is 5.26. The van der Waals surface area contributed by atoms with E-state index in [1.807, 2.05) is 97.1 Å². The van der Waals surface area contributed by atoms with Crippen LogP contribution in [-0.4, -0.2) is 14.7 Å². The van der Waals surface area contributed by atoms with Gasteiger partial charge in [-0.1, -0.05) is 109 Å². The van der Waals surface area contributed by atoms with Gasteiger partial charge in [-0.25, -0.2) is 12.7 Å². The molecule has 0 fully saturated rings. The predicted octanol–water partition coefficient (Wildman–Crippen LogP) is 5.47. The lowest BCUT2D eigenvalue weighted by atomic mass is 10.2. The van der Waals surface area contributed by atoms with E-state index in [1.54, 1.807) is 24.3 Å². The number of hydrogen-bond acceptors (Lipinski definition) is 3. The Balaban J connectivity index is 2.07. The van der Waals surface area contributed by atoms with Crippen LogP contribution in [0.4, 0.5) is 5.69 Å². The molecule has 0 bridgehead atoms. The zero-order chi connectivity index (χ0) is 23.3. The molecule has 4 nitrogen and oxygen atoms in total. The van der Waals surface area contributed by atoms with Crippen LogP contribution in [0, 0.1) is 0 Å². The van der Waals surface area contributed by atoms with E-state index in [1.165, 1.54) is 10.5 Å². The van der Waals surface area contributed by atoms with Crippen LogP contribution in [0.3, 0.4) is 0 Å². The van der Waals surface area contributed by atoms with Gasteiger partial charge in [-0.15, -0.1) is 0 Å². The summed E-state index contributed by atoms with van der Waals surface area (Å²) in [5.74, 6) is 0. The topological polar surface area (TPSA) is 54.5 Å². The Hall–Kier alpha value is -3.40. The fourth-order valence-corrected chi connectivity index (χ4v) is 7.41. The minimum Gasteiger partial charge on any atom is -0.309 e. The number of sulfonamides is 1. The normalized spacial score (nSPS) is 12.3. The van der Waals surface area contributed by atoms with E-state index in [2.05, 4.69) is 0 Å². The van der Waals surface area contributed by atoms with E-state index in [0.29, 0.717) is 27.2 Å². The maximum absolute atomic E-state index is 15.1. The molecule has 4 aromatic rings. The second kappa shape index (κ2) is 9.62. The van der Waals surface area contributed by atoms with Crippen LogP contribution in [0.2, 0.25) is 0 Å². The Morgan fingerprint density at radius 3 is 1.48 bits per heavy atom. The summed E-state index contributed by atoms with van der Waals surface area (Å²) in [6, 6.07) is 36.6.